The molecule has 0 unspecified atom stereocenters. The van der Waals surface area contributed by atoms with Crippen molar-refractivity contribution in [2.24, 2.45) is 11.3 Å². The summed E-state index contributed by atoms with van der Waals surface area (Å²) < 4.78 is 0. The van der Waals surface area contributed by atoms with Crippen LogP contribution >= 0.6 is 22.9 Å². The van der Waals surface area contributed by atoms with E-state index in [1.54, 1.807) is 11.3 Å². The highest BCUT2D eigenvalue weighted by Crippen LogP contribution is 2.61. The minimum atomic E-state index is 0.337. The van der Waals surface area contributed by atoms with Crippen molar-refractivity contribution in [1.29, 1.82) is 0 Å². The van der Waals surface area contributed by atoms with Gasteiger partial charge in [0.1, 0.15) is 10.6 Å². The molecular weight excluding hydrogens is 266 g/mol. The standard InChI is InChI=1S/C13H14ClN3S/c14-12-16-10(9-3-6-18-11(9)17-12)15-7-13(4-5-13)8-1-2-8/h3,6,8H,1-2,4-5,7H2,(H,15,16,17). The Hall–Kier alpha value is -0.870. The summed E-state index contributed by atoms with van der Waals surface area (Å²) in [5, 5.41) is 6.98. The maximum absolute atomic E-state index is 5.97. The Labute approximate surface area is 115 Å². The fraction of sp³-hybridized carbons (Fsp3) is 0.538. The van der Waals surface area contributed by atoms with Crippen LogP contribution in [-0.2, 0) is 0 Å². The lowest BCUT2D eigenvalue weighted by atomic mass is 10.0. The Morgan fingerprint density at radius 3 is 2.94 bits per heavy atom. The van der Waals surface area contributed by atoms with Gasteiger partial charge in [-0.1, -0.05) is 0 Å². The average Bonchev–Trinajstić information content (AvgIpc) is 3.23. The van der Waals surface area contributed by atoms with Gasteiger partial charge in [-0.2, -0.15) is 0 Å². The average molecular weight is 280 g/mol. The summed E-state index contributed by atoms with van der Waals surface area (Å²) in [7, 11) is 0. The minimum absolute atomic E-state index is 0.337. The van der Waals surface area contributed by atoms with Gasteiger partial charge >= 0.3 is 0 Å². The number of fused-ring (bicyclic) bond motifs is 1. The second-order valence-electron chi connectivity index (χ2n) is 5.47. The van der Waals surface area contributed by atoms with Gasteiger partial charge in [0.05, 0.1) is 5.39 Å². The van der Waals surface area contributed by atoms with Crippen molar-refractivity contribution in [3.05, 3.63) is 16.7 Å². The van der Waals surface area contributed by atoms with Crippen LogP contribution in [0.1, 0.15) is 25.7 Å². The third-order valence-electron chi connectivity index (χ3n) is 4.24. The number of aromatic nitrogens is 2. The summed E-state index contributed by atoms with van der Waals surface area (Å²) in [4.78, 5) is 9.54. The van der Waals surface area contributed by atoms with E-state index < -0.39 is 0 Å². The van der Waals surface area contributed by atoms with Gasteiger partial charge in [0, 0.05) is 6.54 Å². The third-order valence-corrected chi connectivity index (χ3v) is 5.22. The summed E-state index contributed by atoms with van der Waals surface area (Å²) >= 11 is 7.57. The van der Waals surface area contributed by atoms with Crippen LogP contribution in [0.15, 0.2) is 11.4 Å². The Morgan fingerprint density at radius 2 is 2.22 bits per heavy atom. The molecule has 0 aliphatic heterocycles. The zero-order valence-corrected chi connectivity index (χ0v) is 11.5. The van der Waals surface area contributed by atoms with Crippen molar-refractivity contribution < 1.29 is 0 Å². The van der Waals surface area contributed by atoms with Gasteiger partial charge in [-0.05, 0) is 60.1 Å². The number of hydrogen-bond donors (Lipinski definition) is 1. The summed E-state index contributed by atoms with van der Waals surface area (Å²) in [6, 6.07) is 2.06. The summed E-state index contributed by atoms with van der Waals surface area (Å²) in [6.45, 7) is 1.04. The highest BCUT2D eigenvalue weighted by molar-refractivity contribution is 7.16. The van der Waals surface area contributed by atoms with Crippen molar-refractivity contribution in [1.82, 2.24) is 9.97 Å². The highest BCUT2D eigenvalue weighted by Gasteiger charge is 2.53. The minimum Gasteiger partial charge on any atom is -0.369 e. The SMILES string of the molecule is Clc1nc(NCC2(C3CC3)CC2)c2ccsc2n1. The zero-order valence-electron chi connectivity index (χ0n) is 9.95. The molecule has 4 rings (SSSR count). The van der Waals surface area contributed by atoms with Crippen LogP contribution in [0.25, 0.3) is 10.2 Å². The highest BCUT2D eigenvalue weighted by atomic mass is 35.5. The molecule has 2 aromatic heterocycles. The first-order valence-electron chi connectivity index (χ1n) is 6.41. The first kappa shape index (κ1) is 11.0. The molecule has 2 aliphatic rings. The molecule has 2 saturated carbocycles. The van der Waals surface area contributed by atoms with E-state index in [1.165, 1.54) is 25.7 Å². The maximum Gasteiger partial charge on any atom is 0.225 e. The second kappa shape index (κ2) is 3.81. The molecule has 2 aliphatic carbocycles. The van der Waals surface area contributed by atoms with Gasteiger partial charge in [-0.15, -0.1) is 11.3 Å². The zero-order chi connectivity index (χ0) is 12.2. The van der Waals surface area contributed by atoms with Crippen molar-refractivity contribution in [3.8, 4) is 0 Å². The lowest BCUT2D eigenvalue weighted by molar-refractivity contribution is 0.466. The summed E-state index contributed by atoms with van der Waals surface area (Å²) in [5.41, 5.74) is 0.569. The molecule has 0 atom stereocenters. The molecule has 3 nitrogen and oxygen atoms in total. The van der Waals surface area contributed by atoms with Crippen molar-refractivity contribution in [2.45, 2.75) is 25.7 Å². The van der Waals surface area contributed by atoms with Crippen LogP contribution in [0.4, 0.5) is 5.82 Å². The van der Waals surface area contributed by atoms with E-state index in [-0.39, 0.29) is 0 Å². The van der Waals surface area contributed by atoms with E-state index in [2.05, 4.69) is 21.4 Å². The predicted molar refractivity (Wildman–Crippen MR) is 75.3 cm³/mol. The van der Waals surface area contributed by atoms with Gasteiger partial charge < -0.3 is 5.32 Å². The molecular formula is C13H14ClN3S. The molecule has 0 spiro atoms. The second-order valence-corrected chi connectivity index (χ2v) is 6.70. The number of anilines is 1. The smallest absolute Gasteiger partial charge is 0.225 e. The lowest BCUT2D eigenvalue weighted by Gasteiger charge is -2.15. The number of hydrogen-bond acceptors (Lipinski definition) is 4. The topological polar surface area (TPSA) is 37.8 Å². The molecule has 2 heterocycles. The van der Waals surface area contributed by atoms with Crippen LogP contribution in [0.2, 0.25) is 5.28 Å². The van der Waals surface area contributed by atoms with Crippen molar-refractivity contribution >= 4 is 39.0 Å². The maximum atomic E-state index is 5.97. The first-order chi connectivity index (χ1) is 8.77. The molecule has 0 saturated heterocycles. The predicted octanol–water partition coefficient (Wildman–Crippen LogP) is 3.95. The van der Waals surface area contributed by atoms with E-state index in [0.29, 0.717) is 10.7 Å². The van der Waals surface area contributed by atoms with Crippen LogP contribution in [-0.4, -0.2) is 16.5 Å². The van der Waals surface area contributed by atoms with Crippen LogP contribution < -0.4 is 5.32 Å². The van der Waals surface area contributed by atoms with E-state index in [1.807, 2.05) is 5.38 Å². The van der Waals surface area contributed by atoms with E-state index in [9.17, 15) is 0 Å². The van der Waals surface area contributed by atoms with Crippen molar-refractivity contribution in [3.63, 3.8) is 0 Å². The van der Waals surface area contributed by atoms with Crippen LogP contribution in [0, 0.1) is 11.3 Å². The Balaban J connectivity index is 1.60. The molecule has 0 bridgehead atoms. The van der Waals surface area contributed by atoms with Gasteiger partial charge in [-0.25, -0.2) is 9.97 Å². The Morgan fingerprint density at radius 1 is 1.39 bits per heavy atom. The van der Waals surface area contributed by atoms with E-state index >= 15 is 0 Å². The fourth-order valence-corrected chi connectivity index (χ4v) is 3.79. The quantitative estimate of drug-likeness (QED) is 0.861. The largest absolute Gasteiger partial charge is 0.369 e. The number of thiophene rings is 1. The van der Waals surface area contributed by atoms with E-state index in [4.69, 9.17) is 11.6 Å². The Kier molecular flexibility index (Phi) is 2.33. The fourth-order valence-electron chi connectivity index (χ4n) is 2.81. The molecule has 0 amide bonds. The van der Waals surface area contributed by atoms with Crippen molar-refractivity contribution in [2.75, 3.05) is 11.9 Å². The van der Waals surface area contributed by atoms with Gasteiger partial charge in [-0.3, -0.25) is 0 Å². The molecule has 94 valence electrons. The van der Waals surface area contributed by atoms with Gasteiger partial charge in [0.15, 0.2) is 0 Å². The summed E-state index contributed by atoms with van der Waals surface area (Å²) in [5.74, 6) is 1.86. The number of rotatable bonds is 4. The molecule has 1 N–H and O–H groups in total. The third kappa shape index (κ3) is 1.79. The van der Waals surface area contributed by atoms with Gasteiger partial charge in [0.2, 0.25) is 5.28 Å². The summed E-state index contributed by atoms with van der Waals surface area (Å²) in [6.07, 6.45) is 5.58. The number of nitrogens with one attached hydrogen (secondary N) is 1. The molecule has 5 heteroatoms. The number of nitrogens with zero attached hydrogens (tertiary/aromatic N) is 2. The van der Waals surface area contributed by atoms with Gasteiger partial charge in [0.25, 0.3) is 0 Å². The molecule has 2 fully saturated rings. The monoisotopic (exact) mass is 279 g/mol. The van der Waals surface area contributed by atoms with E-state index in [0.717, 1.165) is 28.5 Å². The van der Waals surface area contributed by atoms with Crippen LogP contribution in [0.5, 0.6) is 0 Å². The lowest BCUT2D eigenvalue weighted by Crippen LogP contribution is -2.18. The Bertz CT molecular complexity index is 601. The molecule has 18 heavy (non-hydrogen) atoms. The number of halogens is 1. The first-order valence-corrected chi connectivity index (χ1v) is 7.67. The molecule has 2 aromatic rings. The van der Waals surface area contributed by atoms with Crippen LogP contribution in [0.3, 0.4) is 0 Å². The molecule has 0 aromatic carbocycles. The normalized spacial score (nSPS) is 21.2. The molecule has 0 radical (unpaired) electrons.